The van der Waals surface area contributed by atoms with Crippen molar-refractivity contribution in [2.45, 2.75) is 13.8 Å². The summed E-state index contributed by atoms with van der Waals surface area (Å²) in [4.78, 5) is 24.9. The standard InChI is InChI=1S/C20H20INO3/c1-14(2)13-25-20(24)18(12-15-8-4-3-5-9-15)22-19(23)16-10-6-7-11-17(16)21/h3-12,14H,13H2,1-2H3,(H,22,23)/b18-12-. The summed E-state index contributed by atoms with van der Waals surface area (Å²) in [5.41, 5.74) is 1.44. The second-order valence-electron chi connectivity index (χ2n) is 5.89. The normalized spacial score (nSPS) is 11.3. The summed E-state index contributed by atoms with van der Waals surface area (Å²) >= 11 is 2.09. The molecular formula is C20H20INO3. The van der Waals surface area contributed by atoms with E-state index in [0.717, 1.165) is 9.13 Å². The summed E-state index contributed by atoms with van der Waals surface area (Å²) in [5, 5.41) is 2.69. The Labute approximate surface area is 161 Å². The van der Waals surface area contributed by atoms with E-state index < -0.39 is 5.97 Å². The molecule has 2 aromatic rings. The van der Waals surface area contributed by atoms with Crippen molar-refractivity contribution in [1.82, 2.24) is 5.32 Å². The molecular weight excluding hydrogens is 429 g/mol. The highest BCUT2D eigenvalue weighted by molar-refractivity contribution is 14.1. The maximum absolute atomic E-state index is 12.5. The molecule has 0 saturated heterocycles. The van der Waals surface area contributed by atoms with Gasteiger partial charge in [0.2, 0.25) is 0 Å². The van der Waals surface area contributed by atoms with Gasteiger partial charge in [0.25, 0.3) is 5.91 Å². The van der Waals surface area contributed by atoms with E-state index in [4.69, 9.17) is 4.74 Å². The van der Waals surface area contributed by atoms with Crippen LogP contribution >= 0.6 is 22.6 Å². The molecule has 0 unspecified atom stereocenters. The van der Waals surface area contributed by atoms with Crippen LogP contribution in [0.5, 0.6) is 0 Å². The minimum Gasteiger partial charge on any atom is -0.461 e. The third-order valence-electron chi connectivity index (χ3n) is 3.24. The average molecular weight is 449 g/mol. The highest BCUT2D eigenvalue weighted by Crippen LogP contribution is 2.13. The van der Waals surface area contributed by atoms with Crippen molar-refractivity contribution in [3.05, 3.63) is 75.0 Å². The minimum absolute atomic E-state index is 0.122. The first-order chi connectivity index (χ1) is 12.0. The lowest BCUT2D eigenvalue weighted by Crippen LogP contribution is -2.29. The molecule has 25 heavy (non-hydrogen) atoms. The third kappa shape index (κ3) is 6.01. The summed E-state index contributed by atoms with van der Waals surface area (Å²) in [7, 11) is 0. The van der Waals surface area contributed by atoms with Gasteiger partial charge in [0, 0.05) is 3.57 Å². The summed E-state index contributed by atoms with van der Waals surface area (Å²) < 4.78 is 6.09. The van der Waals surface area contributed by atoms with Gasteiger partial charge in [-0.25, -0.2) is 4.79 Å². The number of hydrogen-bond donors (Lipinski definition) is 1. The van der Waals surface area contributed by atoms with E-state index in [1.165, 1.54) is 0 Å². The van der Waals surface area contributed by atoms with Crippen molar-refractivity contribution in [3.63, 3.8) is 0 Å². The zero-order valence-corrected chi connectivity index (χ0v) is 16.3. The van der Waals surface area contributed by atoms with Gasteiger partial charge in [-0.05, 0) is 52.3 Å². The molecule has 0 saturated carbocycles. The Kier molecular flexibility index (Phi) is 7.18. The number of rotatable bonds is 6. The molecule has 0 aliphatic carbocycles. The second kappa shape index (κ2) is 9.36. The quantitative estimate of drug-likeness (QED) is 0.408. The molecule has 0 aliphatic rings. The summed E-state index contributed by atoms with van der Waals surface area (Å²) in [6.07, 6.45) is 1.62. The van der Waals surface area contributed by atoms with E-state index in [-0.39, 0.29) is 17.5 Å². The highest BCUT2D eigenvalue weighted by atomic mass is 127. The van der Waals surface area contributed by atoms with Crippen molar-refractivity contribution in [1.29, 1.82) is 0 Å². The molecule has 0 atom stereocenters. The highest BCUT2D eigenvalue weighted by Gasteiger charge is 2.17. The second-order valence-corrected chi connectivity index (χ2v) is 7.06. The fourth-order valence-electron chi connectivity index (χ4n) is 2.02. The van der Waals surface area contributed by atoms with Crippen molar-refractivity contribution >= 4 is 40.5 Å². The van der Waals surface area contributed by atoms with Gasteiger partial charge in [-0.15, -0.1) is 0 Å². The van der Waals surface area contributed by atoms with E-state index in [0.29, 0.717) is 12.2 Å². The van der Waals surface area contributed by atoms with Gasteiger partial charge >= 0.3 is 5.97 Å². The zero-order valence-electron chi connectivity index (χ0n) is 14.2. The zero-order chi connectivity index (χ0) is 18.2. The topological polar surface area (TPSA) is 55.4 Å². The number of hydrogen-bond acceptors (Lipinski definition) is 3. The molecule has 130 valence electrons. The molecule has 2 aromatic carbocycles. The van der Waals surface area contributed by atoms with Crippen LogP contribution in [0, 0.1) is 9.49 Å². The fourth-order valence-corrected chi connectivity index (χ4v) is 2.65. The molecule has 1 N–H and O–H groups in total. The molecule has 1 amide bonds. The Morgan fingerprint density at radius 2 is 1.72 bits per heavy atom. The van der Waals surface area contributed by atoms with Crippen LogP contribution in [0.2, 0.25) is 0 Å². The SMILES string of the molecule is CC(C)COC(=O)/C(=C/c1ccccc1)NC(=O)c1ccccc1I. The number of carbonyl (C=O) groups excluding carboxylic acids is 2. The fraction of sp³-hybridized carbons (Fsp3) is 0.200. The van der Waals surface area contributed by atoms with E-state index in [1.807, 2.05) is 56.3 Å². The third-order valence-corrected chi connectivity index (χ3v) is 4.19. The molecule has 2 rings (SSSR count). The molecule has 0 radical (unpaired) electrons. The van der Waals surface area contributed by atoms with Gasteiger partial charge in [0.15, 0.2) is 0 Å². The van der Waals surface area contributed by atoms with Crippen molar-refractivity contribution in [2.75, 3.05) is 6.61 Å². The van der Waals surface area contributed by atoms with Crippen LogP contribution in [0.4, 0.5) is 0 Å². The number of ether oxygens (including phenoxy) is 1. The van der Waals surface area contributed by atoms with E-state index in [1.54, 1.807) is 18.2 Å². The molecule has 0 aromatic heterocycles. The van der Waals surface area contributed by atoms with E-state index in [9.17, 15) is 9.59 Å². The lowest BCUT2D eigenvalue weighted by atomic mass is 10.1. The van der Waals surface area contributed by atoms with E-state index >= 15 is 0 Å². The van der Waals surface area contributed by atoms with Gasteiger partial charge in [-0.2, -0.15) is 0 Å². The Morgan fingerprint density at radius 3 is 2.36 bits per heavy atom. The van der Waals surface area contributed by atoms with Crippen LogP contribution in [-0.2, 0) is 9.53 Å². The summed E-state index contributed by atoms with van der Waals surface area (Å²) in [6, 6.07) is 16.5. The lowest BCUT2D eigenvalue weighted by molar-refractivity contribution is -0.140. The Hall–Kier alpha value is -2.15. The van der Waals surface area contributed by atoms with Crippen molar-refractivity contribution in [2.24, 2.45) is 5.92 Å². The predicted molar refractivity (Wildman–Crippen MR) is 107 cm³/mol. The van der Waals surface area contributed by atoms with Crippen LogP contribution < -0.4 is 5.32 Å². The monoisotopic (exact) mass is 449 g/mol. The van der Waals surface area contributed by atoms with Gasteiger partial charge in [0.1, 0.15) is 5.70 Å². The largest absolute Gasteiger partial charge is 0.461 e. The molecule has 0 spiro atoms. The molecule has 0 fully saturated rings. The number of benzene rings is 2. The predicted octanol–water partition coefficient (Wildman–Crippen LogP) is 4.26. The first-order valence-corrected chi connectivity index (χ1v) is 9.05. The maximum Gasteiger partial charge on any atom is 0.354 e. The lowest BCUT2D eigenvalue weighted by Gasteiger charge is -2.12. The minimum atomic E-state index is -0.545. The molecule has 4 nitrogen and oxygen atoms in total. The number of halogens is 1. The number of nitrogens with one attached hydrogen (secondary N) is 1. The first-order valence-electron chi connectivity index (χ1n) is 7.97. The Morgan fingerprint density at radius 1 is 1.08 bits per heavy atom. The van der Waals surface area contributed by atoms with Crippen LogP contribution in [0.1, 0.15) is 29.8 Å². The molecule has 5 heteroatoms. The summed E-state index contributed by atoms with van der Waals surface area (Å²) in [5.74, 6) is -0.668. The van der Waals surface area contributed by atoms with Crippen molar-refractivity contribution < 1.29 is 14.3 Å². The molecule has 0 aliphatic heterocycles. The van der Waals surface area contributed by atoms with Crippen molar-refractivity contribution in [3.8, 4) is 0 Å². The number of amides is 1. The smallest absolute Gasteiger partial charge is 0.354 e. The molecule has 0 heterocycles. The van der Waals surface area contributed by atoms with Crippen LogP contribution in [0.25, 0.3) is 6.08 Å². The maximum atomic E-state index is 12.5. The Bertz CT molecular complexity index is 770. The van der Waals surface area contributed by atoms with Gasteiger partial charge < -0.3 is 10.1 Å². The van der Waals surface area contributed by atoms with Gasteiger partial charge in [-0.1, -0.05) is 56.3 Å². The van der Waals surface area contributed by atoms with Gasteiger partial charge in [0.05, 0.1) is 12.2 Å². The van der Waals surface area contributed by atoms with Gasteiger partial charge in [-0.3, -0.25) is 4.79 Å². The van der Waals surface area contributed by atoms with Crippen LogP contribution in [0.3, 0.4) is 0 Å². The number of esters is 1. The number of carbonyl (C=O) groups is 2. The summed E-state index contributed by atoms with van der Waals surface area (Å²) in [6.45, 7) is 4.21. The van der Waals surface area contributed by atoms with E-state index in [2.05, 4.69) is 27.9 Å². The first kappa shape index (κ1) is 19.2. The molecule has 0 bridgehead atoms. The average Bonchev–Trinajstić information content (AvgIpc) is 2.60. The Balaban J connectivity index is 2.25. The van der Waals surface area contributed by atoms with Crippen LogP contribution in [-0.4, -0.2) is 18.5 Å². The van der Waals surface area contributed by atoms with Crippen LogP contribution in [0.15, 0.2) is 60.3 Å².